The molecule has 3 atom stereocenters. The lowest BCUT2D eigenvalue weighted by Crippen LogP contribution is -2.41. The van der Waals surface area contributed by atoms with Crippen LogP contribution in [0.3, 0.4) is 0 Å². The second-order valence-corrected chi connectivity index (χ2v) is 6.86. The number of carbonyl (C=O) groups is 2. The minimum Gasteiger partial charge on any atom is -0.481 e. The van der Waals surface area contributed by atoms with Gasteiger partial charge in [0.15, 0.2) is 0 Å². The number of hydrogen-bond donors (Lipinski definition) is 2. The maximum atomic E-state index is 11.9. The van der Waals surface area contributed by atoms with Gasteiger partial charge in [-0.1, -0.05) is 39.0 Å². The van der Waals surface area contributed by atoms with E-state index in [9.17, 15) is 9.59 Å². The predicted molar refractivity (Wildman–Crippen MR) is 81.0 cm³/mol. The first-order valence-electron chi connectivity index (χ1n) is 8.20. The number of nitrogens with zero attached hydrogens (tertiary/aromatic N) is 1. The highest BCUT2D eigenvalue weighted by atomic mass is 16.4. The number of carboxylic acid groups (broad SMARTS) is 1. The maximum Gasteiger partial charge on any atom is 0.317 e. The van der Waals surface area contributed by atoms with Gasteiger partial charge in [-0.2, -0.15) is 0 Å². The highest BCUT2D eigenvalue weighted by molar-refractivity contribution is 5.75. The van der Waals surface area contributed by atoms with Crippen LogP contribution < -0.4 is 5.32 Å². The van der Waals surface area contributed by atoms with Crippen molar-refractivity contribution in [2.45, 2.75) is 45.4 Å². The molecule has 2 N–H and O–H groups in total. The summed E-state index contributed by atoms with van der Waals surface area (Å²) < 4.78 is 0. The molecule has 0 aromatic carbocycles. The van der Waals surface area contributed by atoms with Crippen LogP contribution in [0.25, 0.3) is 0 Å². The van der Waals surface area contributed by atoms with E-state index in [1.54, 1.807) is 14.0 Å². The summed E-state index contributed by atoms with van der Waals surface area (Å²) in [6.07, 6.45) is 8.11. The SMILES string of the molecule is CC(CN(C)C(=O)NC[C@@H]1C[C@H]1C1CCCCC1)C(=O)O. The fraction of sp³-hybridized carbons (Fsp3) is 0.875. The number of urea groups is 1. The van der Waals surface area contributed by atoms with Crippen LogP contribution >= 0.6 is 0 Å². The maximum absolute atomic E-state index is 11.9. The van der Waals surface area contributed by atoms with Crippen molar-refractivity contribution in [1.82, 2.24) is 10.2 Å². The first-order valence-corrected chi connectivity index (χ1v) is 8.20. The lowest BCUT2D eigenvalue weighted by atomic mass is 9.85. The van der Waals surface area contributed by atoms with Crippen molar-refractivity contribution in [2.75, 3.05) is 20.1 Å². The molecule has 0 aliphatic heterocycles. The van der Waals surface area contributed by atoms with Gasteiger partial charge in [0, 0.05) is 20.1 Å². The van der Waals surface area contributed by atoms with Gasteiger partial charge in [0.05, 0.1) is 5.92 Å². The predicted octanol–water partition coefficient (Wildman–Crippen LogP) is 2.56. The molecule has 0 aromatic heterocycles. The number of nitrogens with one attached hydrogen (secondary N) is 1. The number of aliphatic carboxylic acids is 1. The van der Waals surface area contributed by atoms with Crippen molar-refractivity contribution in [1.29, 1.82) is 0 Å². The Bertz CT molecular complexity index is 380. The minimum atomic E-state index is -0.866. The quantitative estimate of drug-likeness (QED) is 0.791. The number of rotatable bonds is 6. The molecule has 21 heavy (non-hydrogen) atoms. The van der Waals surface area contributed by atoms with Crippen molar-refractivity contribution in [3.63, 3.8) is 0 Å². The van der Waals surface area contributed by atoms with Gasteiger partial charge in [0.1, 0.15) is 0 Å². The minimum absolute atomic E-state index is 0.155. The zero-order valence-electron chi connectivity index (χ0n) is 13.2. The molecular formula is C16H28N2O3. The Balaban J connectivity index is 1.64. The van der Waals surface area contributed by atoms with E-state index >= 15 is 0 Å². The molecule has 120 valence electrons. The zero-order valence-corrected chi connectivity index (χ0v) is 13.2. The fourth-order valence-electron chi connectivity index (χ4n) is 3.57. The largest absolute Gasteiger partial charge is 0.481 e. The third kappa shape index (κ3) is 4.61. The summed E-state index contributed by atoms with van der Waals surface area (Å²) in [7, 11) is 1.65. The van der Waals surface area contributed by atoms with E-state index in [1.165, 1.54) is 43.4 Å². The third-order valence-corrected chi connectivity index (χ3v) is 5.06. The molecular weight excluding hydrogens is 268 g/mol. The van der Waals surface area contributed by atoms with Crippen LogP contribution in [-0.2, 0) is 4.79 Å². The Hall–Kier alpha value is -1.26. The molecule has 2 rings (SSSR count). The topological polar surface area (TPSA) is 69.6 Å². The van der Waals surface area contributed by atoms with E-state index < -0.39 is 11.9 Å². The van der Waals surface area contributed by atoms with Gasteiger partial charge in [0.2, 0.25) is 0 Å². The average Bonchev–Trinajstić information content (AvgIpc) is 3.25. The van der Waals surface area contributed by atoms with Crippen molar-refractivity contribution in [2.24, 2.45) is 23.7 Å². The van der Waals surface area contributed by atoms with Crippen molar-refractivity contribution >= 4 is 12.0 Å². The molecule has 0 saturated heterocycles. The third-order valence-electron chi connectivity index (χ3n) is 5.06. The first-order chi connectivity index (χ1) is 9.99. The van der Waals surface area contributed by atoms with Gasteiger partial charge in [-0.25, -0.2) is 4.79 Å². The summed E-state index contributed by atoms with van der Waals surface area (Å²) >= 11 is 0. The first kappa shape index (κ1) is 16.1. The van der Waals surface area contributed by atoms with Crippen LogP contribution in [0.5, 0.6) is 0 Å². The van der Waals surface area contributed by atoms with Gasteiger partial charge < -0.3 is 15.3 Å². The standard InChI is InChI=1S/C16H28N2O3/c1-11(15(19)20)10-18(2)16(21)17-9-13-8-14(13)12-6-4-3-5-7-12/h11-14H,3-10H2,1-2H3,(H,17,21)(H,19,20)/t11?,13-,14-/m0/s1. The summed E-state index contributed by atoms with van der Waals surface area (Å²) in [5.74, 6) is 0.937. The molecule has 0 heterocycles. The summed E-state index contributed by atoms with van der Waals surface area (Å²) in [6.45, 7) is 2.61. The summed E-state index contributed by atoms with van der Waals surface area (Å²) in [5.41, 5.74) is 0. The average molecular weight is 296 g/mol. The molecule has 2 fully saturated rings. The normalized spacial score (nSPS) is 27.0. The van der Waals surface area contributed by atoms with Crippen LogP contribution in [0, 0.1) is 23.7 Å². The Morgan fingerprint density at radius 3 is 2.57 bits per heavy atom. The molecule has 2 aliphatic rings. The Morgan fingerprint density at radius 2 is 1.95 bits per heavy atom. The van der Waals surface area contributed by atoms with Gasteiger partial charge in [-0.3, -0.25) is 4.79 Å². The van der Waals surface area contributed by atoms with E-state index in [0.717, 1.165) is 18.4 Å². The summed E-state index contributed by atoms with van der Waals surface area (Å²) in [6, 6.07) is -0.155. The number of amides is 2. The summed E-state index contributed by atoms with van der Waals surface area (Å²) in [4.78, 5) is 24.2. The van der Waals surface area contributed by atoms with E-state index in [0.29, 0.717) is 5.92 Å². The van der Waals surface area contributed by atoms with E-state index in [2.05, 4.69) is 5.32 Å². The molecule has 0 aromatic rings. The molecule has 2 amide bonds. The lowest BCUT2D eigenvalue weighted by Gasteiger charge is -2.22. The van der Waals surface area contributed by atoms with E-state index in [4.69, 9.17) is 5.11 Å². The smallest absolute Gasteiger partial charge is 0.317 e. The summed E-state index contributed by atoms with van der Waals surface area (Å²) in [5, 5.41) is 11.8. The van der Waals surface area contributed by atoms with Crippen LogP contribution in [0.4, 0.5) is 4.79 Å². The van der Waals surface area contributed by atoms with Gasteiger partial charge in [-0.15, -0.1) is 0 Å². The van der Waals surface area contributed by atoms with Gasteiger partial charge >= 0.3 is 12.0 Å². The van der Waals surface area contributed by atoms with E-state index in [1.807, 2.05) is 0 Å². The van der Waals surface area contributed by atoms with Crippen molar-refractivity contribution < 1.29 is 14.7 Å². The number of hydrogen-bond acceptors (Lipinski definition) is 2. The molecule has 1 unspecified atom stereocenters. The Labute approximate surface area is 127 Å². The van der Waals surface area contributed by atoms with Crippen LogP contribution in [0.1, 0.15) is 45.4 Å². The van der Waals surface area contributed by atoms with E-state index in [-0.39, 0.29) is 12.6 Å². The zero-order chi connectivity index (χ0) is 15.4. The van der Waals surface area contributed by atoms with Gasteiger partial charge in [0.25, 0.3) is 0 Å². The molecule has 0 bridgehead atoms. The molecule has 0 spiro atoms. The molecule has 2 saturated carbocycles. The molecule has 5 nitrogen and oxygen atoms in total. The lowest BCUT2D eigenvalue weighted by molar-refractivity contribution is -0.141. The molecule has 2 aliphatic carbocycles. The number of carboxylic acids is 1. The molecule has 0 radical (unpaired) electrons. The van der Waals surface area contributed by atoms with Crippen molar-refractivity contribution in [3.8, 4) is 0 Å². The monoisotopic (exact) mass is 296 g/mol. The van der Waals surface area contributed by atoms with Crippen LogP contribution in [-0.4, -0.2) is 42.1 Å². The van der Waals surface area contributed by atoms with Gasteiger partial charge in [-0.05, 0) is 24.2 Å². The Morgan fingerprint density at radius 1 is 1.29 bits per heavy atom. The highest BCUT2D eigenvalue weighted by Crippen LogP contribution is 2.48. The Kier molecular flexibility index (Phi) is 5.48. The van der Waals surface area contributed by atoms with Crippen molar-refractivity contribution in [3.05, 3.63) is 0 Å². The van der Waals surface area contributed by atoms with Crippen LogP contribution in [0.2, 0.25) is 0 Å². The number of carbonyl (C=O) groups excluding carboxylic acids is 1. The van der Waals surface area contributed by atoms with Crippen LogP contribution in [0.15, 0.2) is 0 Å². The molecule has 5 heteroatoms. The second kappa shape index (κ2) is 7.14. The highest BCUT2D eigenvalue weighted by Gasteiger charge is 2.42. The second-order valence-electron chi connectivity index (χ2n) is 6.86. The fourth-order valence-corrected chi connectivity index (χ4v) is 3.57.